The number of piperazine rings is 1. The second kappa shape index (κ2) is 8.85. The Balaban J connectivity index is 1.44. The van der Waals surface area contributed by atoms with Crippen molar-refractivity contribution >= 4 is 29.1 Å². The van der Waals surface area contributed by atoms with Crippen molar-refractivity contribution in [2.45, 2.75) is 25.9 Å². The predicted octanol–water partition coefficient (Wildman–Crippen LogP) is 1.18. The van der Waals surface area contributed by atoms with Crippen LogP contribution in [0, 0.1) is 0 Å². The number of nitrogens with zero attached hydrogens (tertiary/aromatic N) is 5. The second-order valence-corrected chi connectivity index (χ2v) is 6.93. The number of anilines is 1. The van der Waals surface area contributed by atoms with E-state index < -0.39 is 6.04 Å². The molecule has 2 heterocycles. The molecule has 1 aromatic heterocycles. The van der Waals surface area contributed by atoms with E-state index in [1.54, 1.807) is 22.8 Å². The number of hydrogen-bond acceptors (Lipinski definition) is 5. The zero-order valence-corrected chi connectivity index (χ0v) is 16.0. The maximum Gasteiger partial charge on any atom is 0.244 e. The van der Waals surface area contributed by atoms with Crippen LogP contribution in [0.5, 0.6) is 0 Å². The summed E-state index contributed by atoms with van der Waals surface area (Å²) in [6.07, 6.45) is 3.23. The Bertz CT molecular complexity index is 774. The van der Waals surface area contributed by atoms with Crippen LogP contribution in [0.25, 0.3) is 0 Å². The molecule has 0 saturated carbocycles. The Kier molecular flexibility index (Phi) is 6.28. The fraction of sp³-hybridized carbons (Fsp3) is 0.444. The predicted molar refractivity (Wildman–Crippen MR) is 102 cm³/mol. The van der Waals surface area contributed by atoms with Crippen LogP contribution < -0.4 is 10.2 Å². The molecule has 1 fully saturated rings. The molecule has 3 rings (SSSR count). The van der Waals surface area contributed by atoms with E-state index in [1.165, 1.54) is 6.33 Å². The molecular weight excluding hydrogens is 368 g/mol. The lowest BCUT2D eigenvalue weighted by atomic mass is 10.2. The van der Waals surface area contributed by atoms with E-state index in [0.29, 0.717) is 24.7 Å². The molecule has 1 N–H and O–H groups in total. The number of amides is 2. The minimum atomic E-state index is -0.550. The highest BCUT2D eigenvalue weighted by Gasteiger charge is 2.26. The summed E-state index contributed by atoms with van der Waals surface area (Å²) in [5.41, 5.74) is 1.06. The third-order valence-electron chi connectivity index (χ3n) is 4.55. The number of hydrogen-bond donors (Lipinski definition) is 1. The molecule has 2 aromatic rings. The van der Waals surface area contributed by atoms with Gasteiger partial charge in [0.15, 0.2) is 0 Å². The van der Waals surface area contributed by atoms with Gasteiger partial charge >= 0.3 is 0 Å². The number of carbonyl (C=O) groups excluding carboxylic acids is 2. The third-order valence-corrected chi connectivity index (χ3v) is 4.78. The number of aryl methyl sites for hydroxylation is 1. The normalized spacial score (nSPS) is 15.5. The van der Waals surface area contributed by atoms with Crippen molar-refractivity contribution in [1.29, 1.82) is 0 Å². The topological polar surface area (TPSA) is 83.4 Å². The van der Waals surface area contributed by atoms with E-state index in [2.05, 4.69) is 20.3 Å². The second-order valence-electron chi connectivity index (χ2n) is 6.49. The standard InChI is InChI=1S/C18H23ClN6O2/c1-14(22-17(26)5-6-25-13-20-12-21-25)18(27)24-9-7-23(8-10-24)16-4-2-3-15(19)11-16/h2-4,11-14H,5-10H2,1H3,(H,22,26). The van der Waals surface area contributed by atoms with Crippen LogP contribution >= 0.6 is 11.6 Å². The summed E-state index contributed by atoms with van der Waals surface area (Å²) in [4.78, 5) is 32.5. The van der Waals surface area contributed by atoms with Crippen molar-refractivity contribution in [1.82, 2.24) is 25.0 Å². The van der Waals surface area contributed by atoms with Crippen molar-refractivity contribution in [2.24, 2.45) is 0 Å². The van der Waals surface area contributed by atoms with E-state index in [4.69, 9.17) is 11.6 Å². The summed E-state index contributed by atoms with van der Waals surface area (Å²) in [6, 6.07) is 7.16. The van der Waals surface area contributed by atoms with Crippen molar-refractivity contribution in [3.63, 3.8) is 0 Å². The van der Waals surface area contributed by atoms with Crippen LogP contribution in [0.15, 0.2) is 36.9 Å². The minimum Gasteiger partial charge on any atom is -0.368 e. The van der Waals surface area contributed by atoms with Gasteiger partial charge in [-0.05, 0) is 25.1 Å². The van der Waals surface area contributed by atoms with E-state index >= 15 is 0 Å². The molecule has 1 unspecified atom stereocenters. The van der Waals surface area contributed by atoms with Gasteiger partial charge in [-0.3, -0.25) is 14.3 Å². The lowest BCUT2D eigenvalue weighted by Crippen LogP contribution is -2.54. The van der Waals surface area contributed by atoms with E-state index in [9.17, 15) is 9.59 Å². The quantitative estimate of drug-likeness (QED) is 0.800. The van der Waals surface area contributed by atoms with E-state index in [0.717, 1.165) is 18.8 Å². The van der Waals surface area contributed by atoms with Gasteiger partial charge < -0.3 is 15.1 Å². The zero-order valence-electron chi connectivity index (χ0n) is 15.2. The number of halogens is 1. The average Bonchev–Trinajstić information content (AvgIpc) is 3.19. The molecule has 0 radical (unpaired) electrons. The molecule has 144 valence electrons. The lowest BCUT2D eigenvalue weighted by Gasteiger charge is -2.37. The van der Waals surface area contributed by atoms with Gasteiger partial charge in [-0.1, -0.05) is 17.7 Å². The highest BCUT2D eigenvalue weighted by Crippen LogP contribution is 2.20. The zero-order chi connectivity index (χ0) is 19.2. The Labute approximate surface area is 163 Å². The van der Waals surface area contributed by atoms with Gasteiger partial charge in [0.1, 0.15) is 18.7 Å². The van der Waals surface area contributed by atoms with Crippen LogP contribution in [0.2, 0.25) is 5.02 Å². The number of rotatable bonds is 6. The van der Waals surface area contributed by atoms with Crippen LogP contribution in [0.3, 0.4) is 0 Å². The molecule has 0 spiro atoms. The molecule has 0 bridgehead atoms. The maximum atomic E-state index is 12.6. The van der Waals surface area contributed by atoms with E-state index in [-0.39, 0.29) is 18.2 Å². The molecule has 1 aliphatic heterocycles. The summed E-state index contributed by atoms with van der Waals surface area (Å²) in [6.45, 7) is 4.86. The van der Waals surface area contributed by atoms with Gasteiger partial charge in [-0.15, -0.1) is 0 Å². The number of benzene rings is 1. The van der Waals surface area contributed by atoms with Crippen molar-refractivity contribution in [3.8, 4) is 0 Å². The van der Waals surface area contributed by atoms with Gasteiger partial charge in [-0.2, -0.15) is 5.10 Å². The largest absolute Gasteiger partial charge is 0.368 e. The smallest absolute Gasteiger partial charge is 0.244 e. The van der Waals surface area contributed by atoms with Crippen molar-refractivity contribution < 1.29 is 9.59 Å². The average molecular weight is 391 g/mol. The highest BCUT2D eigenvalue weighted by atomic mass is 35.5. The Morgan fingerprint density at radius 1 is 1.26 bits per heavy atom. The summed E-state index contributed by atoms with van der Waals surface area (Å²) in [7, 11) is 0. The molecule has 2 amide bonds. The summed E-state index contributed by atoms with van der Waals surface area (Å²) in [5.74, 6) is -0.237. The Hall–Kier alpha value is -2.61. The third kappa shape index (κ3) is 5.19. The SMILES string of the molecule is CC(NC(=O)CCn1cncn1)C(=O)N1CCN(c2cccc(Cl)c2)CC1. The molecule has 1 saturated heterocycles. The number of aromatic nitrogens is 3. The lowest BCUT2D eigenvalue weighted by molar-refractivity contribution is -0.136. The van der Waals surface area contributed by atoms with Crippen molar-refractivity contribution in [3.05, 3.63) is 41.9 Å². The Morgan fingerprint density at radius 2 is 2.04 bits per heavy atom. The highest BCUT2D eigenvalue weighted by molar-refractivity contribution is 6.30. The van der Waals surface area contributed by atoms with Gasteiger partial charge in [-0.25, -0.2) is 4.98 Å². The minimum absolute atomic E-state index is 0.0603. The number of nitrogens with one attached hydrogen (secondary N) is 1. The molecule has 8 nitrogen and oxygen atoms in total. The van der Waals surface area contributed by atoms with Crippen LogP contribution in [-0.4, -0.2) is 63.7 Å². The summed E-state index contributed by atoms with van der Waals surface area (Å²) in [5, 5.41) is 7.42. The van der Waals surface area contributed by atoms with E-state index in [1.807, 2.05) is 24.3 Å². The molecule has 1 aliphatic rings. The van der Waals surface area contributed by atoms with Crippen molar-refractivity contribution in [2.75, 3.05) is 31.1 Å². The fourth-order valence-electron chi connectivity index (χ4n) is 3.07. The maximum absolute atomic E-state index is 12.6. The first-order chi connectivity index (χ1) is 13.0. The molecule has 9 heteroatoms. The molecule has 1 aromatic carbocycles. The summed E-state index contributed by atoms with van der Waals surface area (Å²) >= 11 is 6.05. The van der Waals surface area contributed by atoms with Gasteiger partial charge in [0.2, 0.25) is 11.8 Å². The fourth-order valence-corrected chi connectivity index (χ4v) is 3.26. The molecule has 1 atom stereocenters. The first-order valence-electron chi connectivity index (χ1n) is 8.94. The Morgan fingerprint density at radius 3 is 2.70 bits per heavy atom. The molecule has 27 heavy (non-hydrogen) atoms. The van der Waals surface area contributed by atoms with Crippen LogP contribution in [-0.2, 0) is 16.1 Å². The molecular formula is C18H23ClN6O2. The monoisotopic (exact) mass is 390 g/mol. The molecule has 0 aliphatic carbocycles. The number of carbonyl (C=O) groups is 2. The summed E-state index contributed by atoms with van der Waals surface area (Å²) < 4.78 is 1.58. The van der Waals surface area contributed by atoms with Gasteiger partial charge in [0.25, 0.3) is 0 Å². The first-order valence-corrected chi connectivity index (χ1v) is 9.32. The van der Waals surface area contributed by atoms with Gasteiger partial charge in [0, 0.05) is 43.3 Å². The van der Waals surface area contributed by atoms with Crippen LogP contribution in [0.1, 0.15) is 13.3 Å². The first kappa shape index (κ1) is 19.2. The van der Waals surface area contributed by atoms with Crippen LogP contribution in [0.4, 0.5) is 5.69 Å². The van der Waals surface area contributed by atoms with Gasteiger partial charge in [0.05, 0.1) is 6.54 Å².